The van der Waals surface area contributed by atoms with Crippen molar-refractivity contribution in [2.24, 2.45) is 0 Å². The predicted octanol–water partition coefficient (Wildman–Crippen LogP) is 3.98. The molecular weight excluding hydrogens is 336 g/mol. The molecule has 1 aromatic heterocycles. The Morgan fingerprint density at radius 2 is 1.80 bits per heavy atom. The topological polar surface area (TPSA) is 83.1 Å². The normalized spacial score (nSPS) is 10.4. The first kappa shape index (κ1) is 18.8. The Morgan fingerprint density at radius 1 is 1.12 bits per heavy atom. The molecule has 2 rings (SSSR count). The van der Waals surface area contributed by atoms with Crippen LogP contribution in [0.2, 0.25) is 0 Å². The van der Waals surface area contributed by atoms with Crippen LogP contribution in [0.1, 0.15) is 31.1 Å². The molecule has 132 valence electrons. The van der Waals surface area contributed by atoms with Crippen molar-refractivity contribution in [2.75, 3.05) is 16.4 Å². The number of thioether (sulfide) groups is 1. The number of urea groups is 1. The van der Waals surface area contributed by atoms with Crippen molar-refractivity contribution in [3.05, 3.63) is 48.2 Å². The average Bonchev–Trinajstić information content (AvgIpc) is 2.56. The molecule has 1 heterocycles. The van der Waals surface area contributed by atoms with Crippen LogP contribution in [-0.2, 0) is 0 Å². The number of pyridine rings is 1. The van der Waals surface area contributed by atoms with Crippen molar-refractivity contribution in [1.29, 1.82) is 0 Å². The van der Waals surface area contributed by atoms with E-state index in [0.29, 0.717) is 16.9 Å². The fraction of sp³-hybridized carbons (Fsp3) is 0.278. The quantitative estimate of drug-likeness (QED) is 0.682. The van der Waals surface area contributed by atoms with E-state index < -0.39 is 0 Å². The molecule has 0 bridgehead atoms. The van der Waals surface area contributed by atoms with E-state index in [4.69, 9.17) is 0 Å². The molecule has 3 amide bonds. The molecule has 25 heavy (non-hydrogen) atoms. The highest BCUT2D eigenvalue weighted by molar-refractivity contribution is 7.99. The molecule has 0 aliphatic heterocycles. The van der Waals surface area contributed by atoms with Gasteiger partial charge in [-0.05, 0) is 43.9 Å². The Labute approximate surface area is 151 Å². The van der Waals surface area contributed by atoms with Crippen LogP contribution in [0.3, 0.4) is 0 Å². The van der Waals surface area contributed by atoms with E-state index in [2.05, 4.69) is 20.9 Å². The van der Waals surface area contributed by atoms with E-state index in [-0.39, 0.29) is 18.0 Å². The number of carbonyl (C=O) groups excluding carboxylic acids is 2. The molecule has 0 aliphatic rings. The SMILES string of the molecule is CCSc1cc(C(=O)Nc2ccccc2NC(=O)NC(C)C)ccn1. The molecule has 1 aromatic carbocycles. The summed E-state index contributed by atoms with van der Waals surface area (Å²) in [5, 5.41) is 9.14. The molecular formula is C18H22N4O2S. The van der Waals surface area contributed by atoms with Crippen LogP contribution in [0.5, 0.6) is 0 Å². The molecule has 0 atom stereocenters. The van der Waals surface area contributed by atoms with Crippen molar-refractivity contribution >= 4 is 35.1 Å². The van der Waals surface area contributed by atoms with E-state index in [1.807, 2.05) is 20.8 Å². The Morgan fingerprint density at radius 3 is 2.44 bits per heavy atom. The third-order valence-corrected chi connectivity index (χ3v) is 3.94. The fourth-order valence-corrected chi connectivity index (χ4v) is 2.74. The molecule has 2 aromatic rings. The highest BCUT2D eigenvalue weighted by Gasteiger charge is 2.12. The second-order valence-corrected chi connectivity index (χ2v) is 6.85. The molecule has 7 heteroatoms. The van der Waals surface area contributed by atoms with Gasteiger partial charge in [0.15, 0.2) is 0 Å². The maximum Gasteiger partial charge on any atom is 0.319 e. The molecule has 3 N–H and O–H groups in total. The number of hydrogen-bond acceptors (Lipinski definition) is 4. The lowest BCUT2D eigenvalue weighted by molar-refractivity contribution is 0.102. The van der Waals surface area contributed by atoms with Crippen LogP contribution >= 0.6 is 11.8 Å². The lowest BCUT2D eigenvalue weighted by Crippen LogP contribution is -2.34. The third-order valence-electron chi connectivity index (χ3n) is 3.13. The van der Waals surface area contributed by atoms with Crippen LogP contribution in [0.25, 0.3) is 0 Å². The number of nitrogens with one attached hydrogen (secondary N) is 3. The second kappa shape index (κ2) is 9.08. The number of carbonyl (C=O) groups is 2. The first-order chi connectivity index (χ1) is 12.0. The fourth-order valence-electron chi connectivity index (χ4n) is 2.09. The minimum atomic E-state index is -0.317. The summed E-state index contributed by atoms with van der Waals surface area (Å²) in [6.07, 6.45) is 1.62. The van der Waals surface area contributed by atoms with Crippen molar-refractivity contribution < 1.29 is 9.59 Å². The number of hydrogen-bond donors (Lipinski definition) is 3. The summed E-state index contributed by atoms with van der Waals surface area (Å²) in [6, 6.07) is 10.2. The van der Waals surface area contributed by atoms with Crippen LogP contribution in [0.15, 0.2) is 47.6 Å². The first-order valence-electron chi connectivity index (χ1n) is 8.06. The van der Waals surface area contributed by atoms with Gasteiger partial charge < -0.3 is 16.0 Å². The van der Waals surface area contributed by atoms with E-state index in [9.17, 15) is 9.59 Å². The summed E-state index contributed by atoms with van der Waals surface area (Å²) in [5.41, 5.74) is 1.59. The Hall–Kier alpha value is -2.54. The Kier molecular flexibility index (Phi) is 6.82. The van der Waals surface area contributed by atoms with Gasteiger partial charge >= 0.3 is 6.03 Å². The summed E-state index contributed by atoms with van der Waals surface area (Å²) < 4.78 is 0. The van der Waals surface area contributed by atoms with Crippen LogP contribution in [-0.4, -0.2) is 28.7 Å². The Balaban J connectivity index is 2.13. The summed E-state index contributed by atoms with van der Waals surface area (Å²) >= 11 is 1.57. The van der Waals surface area contributed by atoms with Crippen LogP contribution in [0, 0.1) is 0 Å². The molecule has 0 aliphatic carbocycles. The zero-order chi connectivity index (χ0) is 18.2. The first-order valence-corrected chi connectivity index (χ1v) is 9.05. The number of anilines is 2. The minimum absolute atomic E-state index is 0.0214. The third kappa shape index (κ3) is 5.79. The zero-order valence-corrected chi connectivity index (χ0v) is 15.3. The van der Waals surface area contributed by atoms with Gasteiger partial charge in [0.05, 0.1) is 16.4 Å². The highest BCUT2D eigenvalue weighted by atomic mass is 32.2. The van der Waals surface area contributed by atoms with Gasteiger partial charge in [0, 0.05) is 17.8 Å². The maximum absolute atomic E-state index is 12.5. The van der Waals surface area contributed by atoms with Gasteiger partial charge in [-0.2, -0.15) is 0 Å². The number of para-hydroxylation sites is 2. The molecule has 0 unspecified atom stereocenters. The van der Waals surface area contributed by atoms with Crippen LogP contribution in [0.4, 0.5) is 16.2 Å². The predicted molar refractivity (Wildman–Crippen MR) is 102 cm³/mol. The number of amides is 3. The van der Waals surface area contributed by atoms with Gasteiger partial charge in [0.1, 0.15) is 0 Å². The standard InChI is InChI=1S/C18H22N4O2S/c1-4-25-16-11-13(9-10-19-16)17(23)21-14-7-5-6-8-15(14)22-18(24)20-12(2)3/h5-12H,4H2,1-3H3,(H,21,23)(H2,20,22,24). The number of benzene rings is 1. The number of nitrogens with zero attached hydrogens (tertiary/aromatic N) is 1. The van der Waals surface area contributed by atoms with Gasteiger partial charge in [-0.3, -0.25) is 4.79 Å². The number of rotatable bonds is 6. The monoisotopic (exact) mass is 358 g/mol. The lowest BCUT2D eigenvalue weighted by atomic mass is 10.2. The van der Waals surface area contributed by atoms with Crippen LogP contribution < -0.4 is 16.0 Å². The average molecular weight is 358 g/mol. The van der Waals surface area contributed by atoms with Gasteiger partial charge in [0.2, 0.25) is 0 Å². The van der Waals surface area contributed by atoms with Crippen molar-refractivity contribution in [3.63, 3.8) is 0 Å². The molecule has 6 nitrogen and oxygen atoms in total. The number of aromatic nitrogens is 1. The van der Waals surface area contributed by atoms with E-state index in [1.165, 1.54) is 0 Å². The largest absolute Gasteiger partial charge is 0.336 e. The van der Waals surface area contributed by atoms with Gasteiger partial charge in [-0.25, -0.2) is 9.78 Å². The van der Waals surface area contributed by atoms with E-state index >= 15 is 0 Å². The molecule has 0 radical (unpaired) electrons. The molecule has 0 saturated carbocycles. The summed E-state index contributed by atoms with van der Waals surface area (Å²) in [4.78, 5) is 28.6. The maximum atomic E-state index is 12.5. The van der Waals surface area contributed by atoms with Gasteiger partial charge in [-0.1, -0.05) is 19.1 Å². The second-order valence-electron chi connectivity index (χ2n) is 5.57. The van der Waals surface area contributed by atoms with E-state index in [1.54, 1.807) is 54.4 Å². The van der Waals surface area contributed by atoms with E-state index in [0.717, 1.165) is 10.8 Å². The zero-order valence-electron chi connectivity index (χ0n) is 14.5. The summed E-state index contributed by atoms with van der Waals surface area (Å²) in [5.74, 6) is 0.634. The molecule has 0 saturated heterocycles. The van der Waals surface area contributed by atoms with Gasteiger partial charge in [-0.15, -0.1) is 11.8 Å². The van der Waals surface area contributed by atoms with Crippen molar-refractivity contribution in [2.45, 2.75) is 31.8 Å². The Bertz CT molecular complexity index is 749. The highest BCUT2D eigenvalue weighted by Crippen LogP contribution is 2.22. The van der Waals surface area contributed by atoms with Crippen molar-refractivity contribution in [3.8, 4) is 0 Å². The lowest BCUT2D eigenvalue weighted by Gasteiger charge is -2.14. The summed E-state index contributed by atoms with van der Waals surface area (Å²) in [7, 11) is 0. The summed E-state index contributed by atoms with van der Waals surface area (Å²) in [6.45, 7) is 5.79. The smallest absolute Gasteiger partial charge is 0.319 e. The minimum Gasteiger partial charge on any atom is -0.336 e. The van der Waals surface area contributed by atoms with Crippen molar-refractivity contribution in [1.82, 2.24) is 10.3 Å². The molecule has 0 spiro atoms. The molecule has 0 fully saturated rings. The van der Waals surface area contributed by atoms with Gasteiger partial charge in [0.25, 0.3) is 5.91 Å².